The molecule has 1 rings (SSSR count). The van der Waals surface area contributed by atoms with Crippen LogP contribution in [0, 0.1) is 5.82 Å². The molecule has 2 nitrogen and oxygen atoms in total. The highest BCUT2D eigenvalue weighted by atomic mass is 79.9. The third-order valence-corrected chi connectivity index (χ3v) is 1.93. The van der Waals surface area contributed by atoms with Crippen molar-refractivity contribution in [3.05, 3.63) is 35.1 Å². The van der Waals surface area contributed by atoms with E-state index in [4.69, 9.17) is 4.74 Å². The van der Waals surface area contributed by atoms with Gasteiger partial charge in [0.15, 0.2) is 11.6 Å². The molecule has 0 aliphatic carbocycles. The van der Waals surface area contributed by atoms with E-state index in [0.29, 0.717) is 12.2 Å². The second-order valence-electron chi connectivity index (χ2n) is 2.69. The SMILES string of the molecule is C=C(Br)CNc1cccc(OC)c1F. The van der Waals surface area contributed by atoms with Crippen molar-refractivity contribution < 1.29 is 9.13 Å². The fourth-order valence-corrected chi connectivity index (χ4v) is 1.14. The van der Waals surface area contributed by atoms with Crippen molar-refractivity contribution in [1.29, 1.82) is 0 Å². The van der Waals surface area contributed by atoms with Crippen LogP contribution in [0.2, 0.25) is 0 Å². The van der Waals surface area contributed by atoms with Crippen molar-refractivity contribution in [3.8, 4) is 5.75 Å². The van der Waals surface area contributed by atoms with E-state index < -0.39 is 0 Å². The van der Waals surface area contributed by atoms with E-state index in [1.165, 1.54) is 7.11 Å². The van der Waals surface area contributed by atoms with Gasteiger partial charge in [-0.15, -0.1) is 0 Å². The molecule has 1 aromatic rings. The van der Waals surface area contributed by atoms with E-state index in [9.17, 15) is 4.39 Å². The Bertz CT molecular complexity index is 341. The van der Waals surface area contributed by atoms with Gasteiger partial charge in [0.05, 0.1) is 12.8 Å². The van der Waals surface area contributed by atoms with Crippen molar-refractivity contribution in [2.24, 2.45) is 0 Å². The molecule has 0 atom stereocenters. The molecule has 0 heterocycles. The number of halogens is 2. The minimum Gasteiger partial charge on any atom is -0.494 e. The summed E-state index contributed by atoms with van der Waals surface area (Å²) in [5.41, 5.74) is 0.407. The minimum atomic E-state index is -0.385. The Morgan fingerprint density at radius 2 is 2.36 bits per heavy atom. The van der Waals surface area contributed by atoms with Crippen LogP contribution < -0.4 is 10.1 Å². The molecule has 0 aromatic heterocycles. The highest BCUT2D eigenvalue weighted by Crippen LogP contribution is 2.24. The highest BCUT2D eigenvalue weighted by Gasteiger charge is 2.06. The molecular weight excluding hydrogens is 249 g/mol. The predicted octanol–water partition coefficient (Wildman–Crippen LogP) is 3.15. The monoisotopic (exact) mass is 259 g/mol. The van der Waals surface area contributed by atoms with Crippen LogP contribution in [0.4, 0.5) is 10.1 Å². The van der Waals surface area contributed by atoms with Gasteiger partial charge in [-0.3, -0.25) is 0 Å². The molecule has 1 aromatic carbocycles. The van der Waals surface area contributed by atoms with E-state index in [0.717, 1.165) is 4.48 Å². The normalized spacial score (nSPS) is 9.64. The smallest absolute Gasteiger partial charge is 0.188 e. The third-order valence-electron chi connectivity index (χ3n) is 1.65. The first-order chi connectivity index (χ1) is 6.65. The van der Waals surface area contributed by atoms with Crippen LogP contribution in [0.15, 0.2) is 29.3 Å². The van der Waals surface area contributed by atoms with Gasteiger partial charge in [0, 0.05) is 11.0 Å². The molecule has 76 valence electrons. The van der Waals surface area contributed by atoms with Gasteiger partial charge >= 0.3 is 0 Å². The molecule has 0 aliphatic heterocycles. The van der Waals surface area contributed by atoms with Gasteiger partial charge in [-0.25, -0.2) is 4.39 Å². The fraction of sp³-hybridized carbons (Fsp3) is 0.200. The molecule has 4 heteroatoms. The Hall–Kier alpha value is -1.03. The largest absolute Gasteiger partial charge is 0.494 e. The Morgan fingerprint density at radius 1 is 1.64 bits per heavy atom. The summed E-state index contributed by atoms with van der Waals surface area (Å²) in [5.74, 6) is -0.154. The standard InChI is InChI=1S/C10H11BrFNO/c1-7(11)6-13-8-4-3-5-9(14-2)10(8)12/h3-5,13H,1,6H2,2H3. The van der Waals surface area contributed by atoms with Crippen LogP contribution in [-0.2, 0) is 0 Å². The first-order valence-electron chi connectivity index (χ1n) is 4.05. The fourth-order valence-electron chi connectivity index (χ4n) is 0.996. The third kappa shape index (κ3) is 2.73. The summed E-state index contributed by atoms with van der Waals surface area (Å²) in [5, 5.41) is 2.89. The Balaban J connectivity index is 2.81. The van der Waals surface area contributed by atoms with E-state index in [-0.39, 0.29) is 11.6 Å². The lowest BCUT2D eigenvalue weighted by atomic mass is 10.3. The summed E-state index contributed by atoms with van der Waals surface area (Å²) >= 11 is 3.18. The van der Waals surface area contributed by atoms with Gasteiger partial charge in [0.25, 0.3) is 0 Å². The van der Waals surface area contributed by atoms with Gasteiger partial charge in [0.1, 0.15) is 0 Å². The van der Waals surface area contributed by atoms with Crippen LogP contribution >= 0.6 is 15.9 Å². The summed E-state index contributed by atoms with van der Waals surface area (Å²) in [6.45, 7) is 4.12. The Morgan fingerprint density at radius 3 is 2.93 bits per heavy atom. The van der Waals surface area contributed by atoms with Crippen LogP contribution in [0.1, 0.15) is 0 Å². The van der Waals surface area contributed by atoms with Crippen molar-refractivity contribution in [2.45, 2.75) is 0 Å². The topological polar surface area (TPSA) is 21.3 Å². The zero-order valence-corrected chi connectivity index (χ0v) is 9.40. The average Bonchev–Trinajstić information content (AvgIpc) is 2.16. The van der Waals surface area contributed by atoms with Crippen molar-refractivity contribution in [3.63, 3.8) is 0 Å². The quantitative estimate of drug-likeness (QED) is 0.897. The van der Waals surface area contributed by atoms with Crippen LogP contribution in [0.5, 0.6) is 5.75 Å². The van der Waals surface area contributed by atoms with Crippen LogP contribution in [0.25, 0.3) is 0 Å². The number of anilines is 1. The van der Waals surface area contributed by atoms with Crippen LogP contribution in [-0.4, -0.2) is 13.7 Å². The van der Waals surface area contributed by atoms with E-state index in [2.05, 4.69) is 27.8 Å². The van der Waals surface area contributed by atoms with E-state index >= 15 is 0 Å². The van der Waals surface area contributed by atoms with Gasteiger partial charge < -0.3 is 10.1 Å². The molecule has 0 aliphatic rings. The maximum absolute atomic E-state index is 13.5. The number of methoxy groups -OCH3 is 1. The molecular formula is C10H11BrFNO. The molecule has 0 fully saturated rings. The second-order valence-corrected chi connectivity index (χ2v) is 3.81. The van der Waals surface area contributed by atoms with Gasteiger partial charge in [0.2, 0.25) is 0 Å². The zero-order chi connectivity index (χ0) is 10.6. The molecule has 14 heavy (non-hydrogen) atoms. The van der Waals surface area contributed by atoms with Crippen molar-refractivity contribution >= 4 is 21.6 Å². The molecule has 0 radical (unpaired) electrons. The van der Waals surface area contributed by atoms with Gasteiger partial charge in [-0.05, 0) is 12.1 Å². The maximum Gasteiger partial charge on any atom is 0.188 e. The average molecular weight is 260 g/mol. The molecule has 0 unspecified atom stereocenters. The van der Waals surface area contributed by atoms with Crippen molar-refractivity contribution in [2.75, 3.05) is 19.0 Å². The molecule has 0 bridgehead atoms. The highest BCUT2D eigenvalue weighted by molar-refractivity contribution is 9.11. The number of nitrogens with one attached hydrogen (secondary N) is 1. The second kappa shape index (κ2) is 5.00. The Labute approximate surface area is 90.9 Å². The van der Waals surface area contributed by atoms with Gasteiger partial charge in [-0.1, -0.05) is 28.6 Å². The number of ether oxygens (including phenoxy) is 1. The first-order valence-corrected chi connectivity index (χ1v) is 4.84. The Kier molecular flexibility index (Phi) is 3.95. The first kappa shape index (κ1) is 11.0. The van der Waals surface area contributed by atoms with Crippen LogP contribution in [0.3, 0.4) is 0 Å². The summed E-state index contributed by atoms with van der Waals surface area (Å²) in [7, 11) is 1.44. The number of benzene rings is 1. The summed E-state index contributed by atoms with van der Waals surface area (Å²) in [6.07, 6.45) is 0. The van der Waals surface area contributed by atoms with Gasteiger partial charge in [-0.2, -0.15) is 0 Å². The number of hydrogen-bond donors (Lipinski definition) is 1. The summed E-state index contributed by atoms with van der Waals surface area (Å²) in [4.78, 5) is 0. The lowest BCUT2D eigenvalue weighted by Crippen LogP contribution is -2.03. The molecule has 0 amide bonds. The van der Waals surface area contributed by atoms with E-state index in [1.54, 1.807) is 18.2 Å². The maximum atomic E-state index is 13.5. The molecule has 0 saturated heterocycles. The summed E-state index contributed by atoms with van der Waals surface area (Å²) < 4.78 is 19.1. The number of rotatable bonds is 4. The lowest BCUT2D eigenvalue weighted by molar-refractivity contribution is 0.387. The molecule has 0 saturated carbocycles. The lowest BCUT2D eigenvalue weighted by Gasteiger charge is -2.08. The van der Waals surface area contributed by atoms with E-state index in [1.807, 2.05) is 0 Å². The zero-order valence-electron chi connectivity index (χ0n) is 7.81. The minimum absolute atomic E-state index is 0.232. The molecule has 0 spiro atoms. The predicted molar refractivity (Wildman–Crippen MR) is 59.5 cm³/mol. The summed E-state index contributed by atoms with van der Waals surface area (Å²) in [6, 6.07) is 4.94. The van der Waals surface area contributed by atoms with Crippen molar-refractivity contribution in [1.82, 2.24) is 0 Å². The number of hydrogen-bond acceptors (Lipinski definition) is 2. The molecule has 1 N–H and O–H groups in total.